The summed E-state index contributed by atoms with van der Waals surface area (Å²) in [5.41, 5.74) is 6.54. The van der Waals surface area contributed by atoms with Crippen molar-refractivity contribution in [1.29, 1.82) is 0 Å². The Labute approximate surface area is 205 Å². The van der Waals surface area contributed by atoms with Gasteiger partial charge in [-0.05, 0) is 79.8 Å². The van der Waals surface area contributed by atoms with Crippen molar-refractivity contribution in [1.82, 2.24) is 10.4 Å². The number of nitrogens with zero attached hydrogens (tertiary/aromatic N) is 3. The fourth-order valence-corrected chi connectivity index (χ4v) is 5.76. The molecule has 0 aromatic heterocycles. The number of anilines is 1. The Kier molecular flexibility index (Phi) is 5.94. The number of carbonyl (C=O) groups is 1. The van der Waals surface area contributed by atoms with E-state index in [2.05, 4.69) is 27.7 Å². The number of hydrogen-bond acceptors (Lipinski definition) is 5. The summed E-state index contributed by atoms with van der Waals surface area (Å²) in [7, 11) is 0. The molecular formula is C27H32FN5O2. The lowest BCUT2D eigenvalue weighted by atomic mass is 9.92. The molecule has 2 N–H and O–H groups in total. The zero-order chi connectivity index (χ0) is 23.9. The molecule has 3 fully saturated rings. The quantitative estimate of drug-likeness (QED) is 0.628. The van der Waals surface area contributed by atoms with Crippen molar-refractivity contribution in [3.8, 4) is 11.1 Å². The lowest BCUT2D eigenvalue weighted by molar-refractivity contribution is -0.911. The molecular weight excluding hydrogens is 445 g/mol. The molecule has 0 bridgehead atoms. The topological polar surface area (TPSA) is 75.4 Å². The second kappa shape index (κ2) is 9.24. The Hall–Kier alpha value is -2.97. The van der Waals surface area contributed by atoms with E-state index in [0.717, 1.165) is 50.0 Å². The van der Waals surface area contributed by atoms with Gasteiger partial charge in [-0.2, -0.15) is 5.53 Å². The monoisotopic (exact) mass is 477 g/mol. The van der Waals surface area contributed by atoms with Crippen molar-refractivity contribution in [3.63, 3.8) is 0 Å². The highest BCUT2D eigenvalue weighted by Crippen LogP contribution is 2.34. The molecule has 0 spiro atoms. The van der Waals surface area contributed by atoms with Crippen LogP contribution < -0.4 is 15.6 Å². The fraction of sp³-hybridized carbons (Fsp3) is 0.481. The largest absolute Gasteiger partial charge is 0.606 e. The van der Waals surface area contributed by atoms with Gasteiger partial charge in [0.05, 0.1) is 5.56 Å². The Morgan fingerprint density at radius 1 is 1.06 bits per heavy atom. The van der Waals surface area contributed by atoms with Gasteiger partial charge >= 0.3 is 0 Å². The number of nitrogens with one attached hydrogen (secondary N) is 2. The molecule has 184 valence electrons. The number of carbonyl (C=O) groups excluding carboxylic acids is 1. The molecule has 2 aromatic carbocycles. The number of likely N-dealkylation sites (tertiary alicyclic amines) is 1. The van der Waals surface area contributed by atoms with E-state index >= 15 is 4.39 Å². The van der Waals surface area contributed by atoms with Crippen LogP contribution >= 0.6 is 0 Å². The zero-order valence-corrected chi connectivity index (χ0v) is 19.9. The van der Waals surface area contributed by atoms with E-state index in [-0.39, 0.29) is 22.9 Å². The molecule has 4 aliphatic rings. The second-order valence-electron chi connectivity index (χ2n) is 10.4. The van der Waals surface area contributed by atoms with Crippen LogP contribution in [0.25, 0.3) is 11.1 Å². The van der Waals surface area contributed by atoms with Gasteiger partial charge in [0.2, 0.25) is 5.91 Å². The number of benzene rings is 2. The number of rotatable bonds is 6. The molecule has 6 rings (SSSR count). The maximum absolute atomic E-state index is 15.3. The molecule has 3 aliphatic heterocycles. The fourth-order valence-electron chi connectivity index (χ4n) is 5.76. The highest BCUT2D eigenvalue weighted by Gasteiger charge is 2.39. The molecule has 35 heavy (non-hydrogen) atoms. The molecule has 3 atom stereocenters. The van der Waals surface area contributed by atoms with Gasteiger partial charge in [0.1, 0.15) is 11.5 Å². The first-order valence-electron chi connectivity index (χ1n) is 12.9. The van der Waals surface area contributed by atoms with E-state index in [4.69, 9.17) is 0 Å². The molecule has 1 amide bonds. The summed E-state index contributed by atoms with van der Waals surface area (Å²) in [6.07, 6.45) is 5.96. The Morgan fingerprint density at radius 2 is 1.80 bits per heavy atom. The first-order valence-corrected chi connectivity index (χ1v) is 12.9. The summed E-state index contributed by atoms with van der Waals surface area (Å²) in [6.45, 7) is 3.64. The van der Waals surface area contributed by atoms with Gasteiger partial charge in [0, 0.05) is 37.8 Å². The van der Waals surface area contributed by atoms with Crippen molar-refractivity contribution in [2.45, 2.75) is 44.6 Å². The summed E-state index contributed by atoms with van der Waals surface area (Å²) in [4.78, 5) is 16.7. The standard InChI is InChI=1S/C27H32FN5O2/c28-24-16-21(19-5-8-22(9-6-19)31-12-1-2-13-31)7-10-23(24)26-25(29-30-33(26)35)15-18-11-14-32(17-18)27(34)20-3-4-20/h5-10,16,18,20,26,30,33H,1-4,11-15,17H2/t18-,26?/m0/s1. The molecule has 1 aliphatic carbocycles. The summed E-state index contributed by atoms with van der Waals surface area (Å²) in [6, 6.07) is 12.7. The van der Waals surface area contributed by atoms with E-state index in [1.807, 2.05) is 23.1 Å². The van der Waals surface area contributed by atoms with E-state index < -0.39 is 11.9 Å². The van der Waals surface area contributed by atoms with Crippen molar-refractivity contribution < 1.29 is 14.4 Å². The molecule has 2 saturated heterocycles. The molecule has 7 nitrogen and oxygen atoms in total. The van der Waals surface area contributed by atoms with Gasteiger partial charge in [0.15, 0.2) is 6.04 Å². The van der Waals surface area contributed by atoms with E-state index in [0.29, 0.717) is 24.2 Å². The van der Waals surface area contributed by atoms with Crippen LogP contribution in [0.4, 0.5) is 10.1 Å². The molecule has 0 radical (unpaired) electrons. The summed E-state index contributed by atoms with van der Waals surface area (Å²) in [5.74, 6) is 0.347. The number of quaternary nitrogens is 1. The van der Waals surface area contributed by atoms with Crippen LogP contribution in [0.3, 0.4) is 0 Å². The van der Waals surface area contributed by atoms with Gasteiger partial charge in [0.25, 0.3) is 0 Å². The van der Waals surface area contributed by atoms with Gasteiger partial charge in [-0.25, -0.2) is 9.56 Å². The summed E-state index contributed by atoms with van der Waals surface area (Å²) in [5, 5.41) is 16.6. The van der Waals surface area contributed by atoms with Crippen LogP contribution in [0.1, 0.15) is 50.1 Å². The predicted octanol–water partition coefficient (Wildman–Crippen LogP) is 3.04. The lowest BCUT2D eigenvalue weighted by Crippen LogP contribution is -3.12. The Morgan fingerprint density at radius 3 is 2.51 bits per heavy atom. The highest BCUT2D eigenvalue weighted by molar-refractivity contribution is 5.90. The van der Waals surface area contributed by atoms with Crippen LogP contribution in [0.5, 0.6) is 0 Å². The second-order valence-corrected chi connectivity index (χ2v) is 10.4. The molecule has 1 saturated carbocycles. The van der Waals surface area contributed by atoms with Crippen LogP contribution in [0.15, 0.2) is 47.6 Å². The average molecular weight is 478 g/mol. The number of amides is 1. The zero-order valence-electron chi connectivity index (χ0n) is 19.9. The smallest absolute Gasteiger partial charge is 0.225 e. The van der Waals surface area contributed by atoms with Crippen molar-refractivity contribution in [2.75, 3.05) is 31.1 Å². The number of halogens is 1. The van der Waals surface area contributed by atoms with Crippen molar-refractivity contribution in [3.05, 3.63) is 59.1 Å². The third kappa shape index (κ3) is 4.52. The van der Waals surface area contributed by atoms with Crippen LogP contribution in [-0.2, 0) is 4.79 Å². The van der Waals surface area contributed by atoms with Crippen LogP contribution in [0.2, 0.25) is 0 Å². The molecule has 2 unspecified atom stereocenters. The SMILES string of the molecule is O=C(C1CC1)N1CC[C@@H](CC2=NN[NH+]([O-])C2c2ccc(-c3ccc(N4CCCC4)cc3)cc2F)C1. The molecule has 3 heterocycles. The van der Waals surface area contributed by atoms with Gasteiger partial charge in [-0.3, -0.25) is 4.79 Å². The summed E-state index contributed by atoms with van der Waals surface area (Å²) < 4.78 is 15.3. The van der Waals surface area contributed by atoms with E-state index in [9.17, 15) is 10.0 Å². The van der Waals surface area contributed by atoms with Crippen LogP contribution in [0, 0.1) is 22.9 Å². The number of hydroxylamine groups is 1. The number of hydrazone groups is 1. The minimum atomic E-state index is -0.713. The Bertz CT molecular complexity index is 1130. The highest BCUT2D eigenvalue weighted by atomic mass is 19.1. The molecule has 2 aromatic rings. The van der Waals surface area contributed by atoms with Gasteiger partial charge in [-0.1, -0.05) is 18.2 Å². The normalized spacial score (nSPS) is 26.2. The maximum Gasteiger partial charge on any atom is 0.225 e. The van der Waals surface area contributed by atoms with Crippen molar-refractivity contribution >= 4 is 17.3 Å². The predicted molar refractivity (Wildman–Crippen MR) is 133 cm³/mol. The summed E-state index contributed by atoms with van der Waals surface area (Å²) >= 11 is 0. The average Bonchev–Trinajstić information content (AvgIpc) is 3.22. The number of hydrogen-bond donors (Lipinski definition) is 2. The first-order chi connectivity index (χ1) is 17.1. The van der Waals surface area contributed by atoms with Gasteiger partial charge in [-0.15, -0.1) is 5.10 Å². The Balaban J connectivity index is 1.15. The maximum atomic E-state index is 15.3. The van der Waals surface area contributed by atoms with Crippen LogP contribution in [-0.4, -0.2) is 42.7 Å². The minimum absolute atomic E-state index is 0.220. The molecule has 8 heteroatoms. The van der Waals surface area contributed by atoms with Gasteiger partial charge < -0.3 is 15.0 Å². The van der Waals surface area contributed by atoms with Crippen molar-refractivity contribution in [2.24, 2.45) is 16.9 Å². The third-order valence-corrected chi connectivity index (χ3v) is 7.91. The first kappa shape index (κ1) is 22.5. The van der Waals surface area contributed by atoms with E-state index in [1.54, 1.807) is 6.07 Å². The van der Waals surface area contributed by atoms with E-state index in [1.165, 1.54) is 24.6 Å². The lowest BCUT2D eigenvalue weighted by Gasteiger charge is -2.24. The minimum Gasteiger partial charge on any atom is -0.606 e. The third-order valence-electron chi connectivity index (χ3n) is 7.91.